The summed E-state index contributed by atoms with van der Waals surface area (Å²) in [7, 11) is 1.56. The first-order valence-electron chi connectivity index (χ1n) is 8.60. The Morgan fingerprint density at radius 1 is 1.23 bits per heavy atom. The van der Waals surface area contributed by atoms with Gasteiger partial charge in [0.25, 0.3) is 5.91 Å². The molecule has 0 saturated carbocycles. The van der Waals surface area contributed by atoms with Crippen LogP contribution in [0.2, 0.25) is 5.02 Å². The zero-order valence-corrected chi connectivity index (χ0v) is 15.3. The second kappa shape index (κ2) is 8.19. The summed E-state index contributed by atoms with van der Waals surface area (Å²) in [5, 5.41) is 5.79. The predicted molar refractivity (Wildman–Crippen MR) is 101 cm³/mol. The Morgan fingerprint density at radius 2 is 2.08 bits per heavy atom. The Bertz CT molecular complexity index is 797. The van der Waals surface area contributed by atoms with Gasteiger partial charge in [-0.15, -0.1) is 0 Å². The van der Waals surface area contributed by atoms with Gasteiger partial charge < -0.3 is 15.5 Å². The van der Waals surface area contributed by atoms with Crippen molar-refractivity contribution in [2.45, 2.75) is 25.3 Å². The van der Waals surface area contributed by atoms with E-state index in [0.717, 1.165) is 25.0 Å². The molecular weight excluding hydrogens is 352 g/mol. The standard InChI is InChI=1S/C19H21ClN4O2/c1-21-18(25)13-8-9-14(20)16(12-13)23-19(26)24-11-5-3-7-17(24)15-6-2-4-10-22-15/h2,4,6,8-10,12,17H,3,5,7,11H2,1H3,(H,21,25)(H,23,26)/t17-/m1/s1. The lowest BCUT2D eigenvalue weighted by molar-refractivity contribution is 0.0963. The van der Waals surface area contributed by atoms with Gasteiger partial charge in [0.05, 0.1) is 22.4 Å². The van der Waals surface area contributed by atoms with Crippen molar-refractivity contribution in [3.05, 3.63) is 58.9 Å². The van der Waals surface area contributed by atoms with Gasteiger partial charge in [-0.3, -0.25) is 9.78 Å². The van der Waals surface area contributed by atoms with Crippen LogP contribution in [0.1, 0.15) is 41.4 Å². The molecule has 1 fully saturated rings. The minimum absolute atomic E-state index is 0.0640. The number of nitrogens with zero attached hydrogens (tertiary/aromatic N) is 2. The Labute approximate surface area is 157 Å². The van der Waals surface area contributed by atoms with Crippen molar-refractivity contribution in [2.24, 2.45) is 0 Å². The number of benzene rings is 1. The van der Waals surface area contributed by atoms with Crippen molar-refractivity contribution in [2.75, 3.05) is 18.9 Å². The van der Waals surface area contributed by atoms with Crippen LogP contribution in [0.25, 0.3) is 0 Å². The first kappa shape index (κ1) is 18.2. The number of pyridine rings is 1. The summed E-state index contributed by atoms with van der Waals surface area (Å²) in [4.78, 5) is 30.9. The summed E-state index contributed by atoms with van der Waals surface area (Å²) in [5.41, 5.74) is 1.74. The molecule has 0 unspecified atom stereocenters. The minimum atomic E-state index is -0.240. The van der Waals surface area contributed by atoms with Crippen LogP contribution in [0.3, 0.4) is 0 Å². The van der Waals surface area contributed by atoms with Crippen LogP contribution in [-0.2, 0) is 0 Å². The minimum Gasteiger partial charge on any atom is -0.355 e. The zero-order chi connectivity index (χ0) is 18.5. The number of amides is 3. The van der Waals surface area contributed by atoms with E-state index in [4.69, 9.17) is 11.6 Å². The molecule has 1 aromatic heterocycles. The molecule has 136 valence electrons. The monoisotopic (exact) mass is 372 g/mol. The van der Waals surface area contributed by atoms with E-state index in [1.54, 1.807) is 36.3 Å². The third-order valence-electron chi connectivity index (χ3n) is 4.49. The van der Waals surface area contributed by atoms with E-state index in [-0.39, 0.29) is 18.0 Å². The van der Waals surface area contributed by atoms with Gasteiger partial charge in [0.1, 0.15) is 0 Å². The maximum absolute atomic E-state index is 12.9. The molecule has 2 N–H and O–H groups in total. The SMILES string of the molecule is CNC(=O)c1ccc(Cl)c(NC(=O)N2CCCC[C@@H]2c2ccccn2)c1. The van der Waals surface area contributed by atoms with E-state index in [2.05, 4.69) is 15.6 Å². The number of aromatic nitrogens is 1. The van der Waals surface area contributed by atoms with Crippen molar-refractivity contribution in [3.8, 4) is 0 Å². The molecule has 3 rings (SSSR count). The number of carbonyl (C=O) groups is 2. The van der Waals surface area contributed by atoms with E-state index >= 15 is 0 Å². The number of nitrogens with one attached hydrogen (secondary N) is 2. The maximum atomic E-state index is 12.9. The van der Waals surface area contributed by atoms with E-state index in [9.17, 15) is 9.59 Å². The zero-order valence-electron chi connectivity index (χ0n) is 14.5. The number of rotatable bonds is 3. The third-order valence-corrected chi connectivity index (χ3v) is 4.82. The van der Waals surface area contributed by atoms with Gasteiger partial charge in [-0.05, 0) is 49.6 Å². The van der Waals surface area contributed by atoms with E-state index in [0.29, 0.717) is 22.8 Å². The quantitative estimate of drug-likeness (QED) is 0.859. The lowest BCUT2D eigenvalue weighted by atomic mass is 9.99. The molecule has 2 heterocycles. The third kappa shape index (κ3) is 3.96. The predicted octanol–water partition coefficient (Wildman–Crippen LogP) is 3.85. The number of likely N-dealkylation sites (tertiary alicyclic amines) is 1. The number of halogens is 1. The molecule has 1 aliphatic heterocycles. The fraction of sp³-hybridized carbons (Fsp3) is 0.316. The Kier molecular flexibility index (Phi) is 5.73. The van der Waals surface area contributed by atoms with Gasteiger partial charge in [0, 0.05) is 25.4 Å². The molecule has 0 spiro atoms. The van der Waals surface area contributed by atoms with Gasteiger partial charge in [-0.2, -0.15) is 0 Å². The van der Waals surface area contributed by atoms with E-state index in [1.165, 1.54) is 0 Å². The van der Waals surface area contributed by atoms with Crippen LogP contribution in [0.5, 0.6) is 0 Å². The second-order valence-corrected chi connectivity index (χ2v) is 6.57. The molecule has 7 heteroatoms. The average Bonchev–Trinajstić information content (AvgIpc) is 2.69. The molecule has 6 nitrogen and oxygen atoms in total. The number of anilines is 1. The van der Waals surface area contributed by atoms with Crippen LogP contribution >= 0.6 is 11.6 Å². The average molecular weight is 373 g/mol. The van der Waals surface area contributed by atoms with Crippen LogP contribution < -0.4 is 10.6 Å². The van der Waals surface area contributed by atoms with Gasteiger partial charge in [0.2, 0.25) is 0 Å². The molecule has 0 aliphatic carbocycles. The van der Waals surface area contributed by atoms with Gasteiger partial charge >= 0.3 is 6.03 Å². The van der Waals surface area contributed by atoms with E-state index in [1.807, 2.05) is 18.2 Å². The van der Waals surface area contributed by atoms with Crippen molar-refractivity contribution < 1.29 is 9.59 Å². The first-order valence-corrected chi connectivity index (χ1v) is 8.98. The summed E-state index contributed by atoms with van der Waals surface area (Å²) >= 11 is 6.20. The summed E-state index contributed by atoms with van der Waals surface area (Å²) in [6.07, 6.45) is 4.61. The lowest BCUT2D eigenvalue weighted by Crippen LogP contribution is -2.41. The second-order valence-electron chi connectivity index (χ2n) is 6.16. The summed E-state index contributed by atoms with van der Waals surface area (Å²) in [6.45, 7) is 0.653. The van der Waals surface area contributed by atoms with Crippen molar-refractivity contribution in [1.29, 1.82) is 0 Å². The molecule has 26 heavy (non-hydrogen) atoms. The molecule has 1 atom stereocenters. The summed E-state index contributed by atoms with van der Waals surface area (Å²) in [6, 6.07) is 10.2. The number of carbonyl (C=O) groups excluding carboxylic acids is 2. The van der Waals surface area contributed by atoms with Crippen LogP contribution in [-0.4, -0.2) is 35.4 Å². The molecule has 1 aromatic carbocycles. The number of piperidine rings is 1. The van der Waals surface area contributed by atoms with Gasteiger partial charge in [-0.1, -0.05) is 17.7 Å². The summed E-state index contributed by atoms with van der Waals surface area (Å²) in [5.74, 6) is -0.235. The molecule has 1 saturated heterocycles. The van der Waals surface area contributed by atoms with Crippen molar-refractivity contribution in [3.63, 3.8) is 0 Å². The Hall–Kier alpha value is -2.60. The number of hydrogen-bond acceptors (Lipinski definition) is 3. The molecule has 1 aliphatic rings. The van der Waals surface area contributed by atoms with Crippen LogP contribution in [0, 0.1) is 0 Å². The Morgan fingerprint density at radius 3 is 2.81 bits per heavy atom. The topological polar surface area (TPSA) is 74.3 Å². The molecular formula is C19H21ClN4O2. The van der Waals surface area contributed by atoms with Crippen LogP contribution in [0.4, 0.5) is 10.5 Å². The van der Waals surface area contributed by atoms with Gasteiger partial charge in [-0.25, -0.2) is 4.79 Å². The number of hydrogen-bond donors (Lipinski definition) is 2. The van der Waals surface area contributed by atoms with Crippen molar-refractivity contribution in [1.82, 2.24) is 15.2 Å². The molecule has 0 bridgehead atoms. The largest absolute Gasteiger partial charge is 0.355 e. The smallest absolute Gasteiger partial charge is 0.322 e. The Balaban J connectivity index is 1.81. The highest BCUT2D eigenvalue weighted by Gasteiger charge is 2.29. The fourth-order valence-corrected chi connectivity index (χ4v) is 3.31. The molecule has 2 aromatic rings. The number of urea groups is 1. The molecule has 0 radical (unpaired) electrons. The highest BCUT2D eigenvalue weighted by Crippen LogP contribution is 2.31. The molecule has 3 amide bonds. The van der Waals surface area contributed by atoms with Crippen molar-refractivity contribution >= 4 is 29.2 Å². The maximum Gasteiger partial charge on any atom is 0.322 e. The lowest BCUT2D eigenvalue weighted by Gasteiger charge is -2.35. The highest BCUT2D eigenvalue weighted by atomic mass is 35.5. The van der Waals surface area contributed by atoms with E-state index < -0.39 is 0 Å². The first-order chi connectivity index (χ1) is 12.6. The highest BCUT2D eigenvalue weighted by molar-refractivity contribution is 6.33. The normalized spacial score (nSPS) is 16.8. The fourth-order valence-electron chi connectivity index (χ4n) is 3.15. The summed E-state index contributed by atoms with van der Waals surface area (Å²) < 4.78 is 0. The van der Waals surface area contributed by atoms with Gasteiger partial charge in [0.15, 0.2) is 0 Å². The van der Waals surface area contributed by atoms with Crippen LogP contribution in [0.15, 0.2) is 42.6 Å².